The first-order chi connectivity index (χ1) is 6.75. The van der Waals surface area contributed by atoms with Gasteiger partial charge in [0, 0.05) is 16.8 Å². The first-order valence-electron chi connectivity index (χ1n) is 4.89. The van der Waals surface area contributed by atoms with Crippen LogP contribution in [0.5, 0.6) is 0 Å². The standard InChI is InChI=1S/C11H14BrNO/c1-8-11(6-7-14-8)13-10-4-2-9(12)3-5-10/h2-5,8,11,13H,6-7H2,1H3/t8-,11-/m0/s1. The molecule has 0 aromatic heterocycles. The average molecular weight is 256 g/mol. The summed E-state index contributed by atoms with van der Waals surface area (Å²) in [7, 11) is 0. The van der Waals surface area contributed by atoms with Crippen LogP contribution >= 0.6 is 15.9 Å². The lowest BCUT2D eigenvalue weighted by atomic mass is 10.1. The van der Waals surface area contributed by atoms with E-state index in [1.165, 1.54) is 0 Å². The number of halogens is 1. The number of ether oxygens (including phenoxy) is 1. The first-order valence-corrected chi connectivity index (χ1v) is 5.69. The summed E-state index contributed by atoms with van der Waals surface area (Å²) in [4.78, 5) is 0. The van der Waals surface area contributed by atoms with Gasteiger partial charge < -0.3 is 10.1 Å². The smallest absolute Gasteiger partial charge is 0.0748 e. The topological polar surface area (TPSA) is 21.3 Å². The normalized spacial score (nSPS) is 26.4. The molecule has 1 aromatic carbocycles. The number of anilines is 1. The summed E-state index contributed by atoms with van der Waals surface area (Å²) in [6.07, 6.45) is 1.41. The fraction of sp³-hybridized carbons (Fsp3) is 0.455. The Morgan fingerprint density at radius 2 is 2.07 bits per heavy atom. The maximum absolute atomic E-state index is 5.49. The number of rotatable bonds is 2. The van der Waals surface area contributed by atoms with Crippen LogP contribution < -0.4 is 5.32 Å². The van der Waals surface area contributed by atoms with Crippen molar-refractivity contribution in [3.63, 3.8) is 0 Å². The van der Waals surface area contributed by atoms with Gasteiger partial charge in [-0.15, -0.1) is 0 Å². The predicted octanol–water partition coefficient (Wildman–Crippen LogP) is 3.04. The molecule has 3 heteroatoms. The highest BCUT2D eigenvalue weighted by Crippen LogP contribution is 2.20. The average Bonchev–Trinajstić information content (AvgIpc) is 2.56. The molecule has 14 heavy (non-hydrogen) atoms. The molecule has 0 bridgehead atoms. The Labute approximate surface area is 92.8 Å². The van der Waals surface area contributed by atoms with Gasteiger partial charge in [0.05, 0.1) is 12.1 Å². The number of hydrogen-bond acceptors (Lipinski definition) is 2. The summed E-state index contributed by atoms with van der Waals surface area (Å²) in [6.45, 7) is 2.99. The third-order valence-corrected chi connectivity index (χ3v) is 3.10. The third kappa shape index (κ3) is 2.28. The number of benzene rings is 1. The molecule has 1 N–H and O–H groups in total. The zero-order valence-corrected chi connectivity index (χ0v) is 9.75. The van der Waals surface area contributed by atoms with Gasteiger partial charge in [-0.2, -0.15) is 0 Å². The van der Waals surface area contributed by atoms with E-state index in [1.54, 1.807) is 0 Å². The fourth-order valence-corrected chi connectivity index (χ4v) is 1.95. The van der Waals surface area contributed by atoms with Gasteiger partial charge in [-0.25, -0.2) is 0 Å². The second-order valence-corrected chi connectivity index (χ2v) is 4.54. The highest BCUT2D eigenvalue weighted by atomic mass is 79.9. The lowest BCUT2D eigenvalue weighted by molar-refractivity contribution is 0.121. The van der Waals surface area contributed by atoms with Crippen LogP contribution in [0.15, 0.2) is 28.7 Å². The Bertz CT molecular complexity index is 299. The molecule has 0 aliphatic carbocycles. The first kappa shape index (κ1) is 9.99. The summed E-state index contributed by atoms with van der Waals surface area (Å²) in [5, 5.41) is 3.47. The Morgan fingerprint density at radius 3 is 2.64 bits per heavy atom. The molecule has 0 unspecified atom stereocenters. The monoisotopic (exact) mass is 255 g/mol. The number of hydrogen-bond donors (Lipinski definition) is 1. The summed E-state index contributed by atoms with van der Waals surface area (Å²) >= 11 is 3.42. The maximum Gasteiger partial charge on any atom is 0.0748 e. The van der Waals surface area contributed by atoms with Crippen LogP contribution in [-0.2, 0) is 4.74 Å². The van der Waals surface area contributed by atoms with Crippen molar-refractivity contribution in [1.29, 1.82) is 0 Å². The van der Waals surface area contributed by atoms with Crippen LogP contribution in [-0.4, -0.2) is 18.8 Å². The SMILES string of the molecule is C[C@@H]1OCC[C@@H]1Nc1ccc(Br)cc1. The van der Waals surface area contributed by atoms with E-state index in [1.807, 2.05) is 12.1 Å². The molecule has 0 amide bonds. The van der Waals surface area contributed by atoms with Crippen molar-refractivity contribution in [2.45, 2.75) is 25.5 Å². The van der Waals surface area contributed by atoms with Crippen LogP contribution in [0.3, 0.4) is 0 Å². The molecule has 2 atom stereocenters. The van der Waals surface area contributed by atoms with Gasteiger partial charge in [0.2, 0.25) is 0 Å². The molecule has 1 aromatic rings. The van der Waals surface area contributed by atoms with Gasteiger partial charge in [-0.05, 0) is 37.6 Å². The molecule has 76 valence electrons. The second kappa shape index (κ2) is 4.32. The summed E-state index contributed by atoms with van der Waals surface area (Å²) in [5.74, 6) is 0. The fourth-order valence-electron chi connectivity index (χ4n) is 1.68. The zero-order chi connectivity index (χ0) is 9.97. The molecule has 1 saturated heterocycles. The van der Waals surface area contributed by atoms with Crippen molar-refractivity contribution >= 4 is 21.6 Å². The number of nitrogens with one attached hydrogen (secondary N) is 1. The quantitative estimate of drug-likeness (QED) is 0.878. The van der Waals surface area contributed by atoms with Crippen molar-refractivity contribution < 1.29 is 4.74 Å². The summed E-state index contributed by atoms with van der Waals surface area (Å²) in [6, 6.07) is 8.70. The van der Waals surface area contributed by atoms with Gasteiger partial charge in [-0.3, -0.25) is 0 Å². The van der Waals surface area contributed by atoms with E-state index in [9.17, 15) is 0 Å². The minimum atomic E-state index is 0.318. The van der Waals surface area contributed by atoms with E-state index in [2.05, 4.69) is 40.3 Å². The molecule has 1 fully saturated rings. The van der Waals surface area contributed by atoms with E-state index >= 15 is 0 Å². The van der Waals surface area contributed by atoms with Crippen molar-refractivity contribution in [2.75, 3.05) is 11.9 Å². The Hall–Kier alpha value is -0.540. The maximum atomic E-state index is 5.49. The highest BCUT2D eigenvalue weighted by molar-refractivity contribution is 9.10. The minimum absolute atomic E-state index is 0.318. The molecule has 0 radical (unpaired) electrons. The summed E-state index contributed by atoms with van der Waals surface area (Å²) in [5.41, 5.74) is 1.16. The lowest BCUT2D eigenvalue weighted by Crippen LogP contribution is -2.26. The highest BCUT2D eigenvalue weighted by Gasteiger charge is 2.23. The van der Waals surface area contributed by atoms with Gasteiger partial charge >= 0.3 is 0 Å². The van der Waals surface area contributed by atoms with E-state index in [0.717, 1.165) is 23.2 Å². The van der Waals surface area contributed by atoms with Crippen LogP contribution in [0.1, 0.15) is 13.3 Å². The Balaban J connectivity index is 2.00. The second-order valence-electron chi connectivity index (χ2n) is 3.62. The molecular weight excluding hydrogens is 242 g/mol. The Kier molecular flexibility index (Phi) is 3.08. The van der Waals surface area contributed by atoms with Gasteiger partial charge in [0.15, 0.2) is 0 Å². The molecule has 0 spiro atoms. The molecule has 1 aliphatic heterocycles. The lowest BCUT2D eigenvalue weighted by Gasteiger charge is -2.17. The van der Waals surface area contributed by atoms with Crippen molar-refractivity contribution in [3.8, 4) is 0 Å². The minimum Gasteiger partial charge on any atom is -0.380 e. The van der Waals surface area contributed by atoms with E-state index in [-0.39, 0.29) is 0 Å². The largest absolute Gasteiger partial charge is 0.380 e. The third-order valence-electron chi connectivity index (χ3n) is 2.57. The van der Waals surface area contributed by atoms with Crippen LogP contribution in [0.2, 0.25) is 0 Å². The van der Waals surface area contributed by atoms with E-state index < -0.39 is 0 Å². The molecule has 1 heterocycles. The summed E-state index contributed by atoms with van der Waals surface area (Å²) < 4.78 is 6.60. The van der Waals surface area contributed by atoms with E-state index in [0.29, 0.717) is 12.1 Å². The Morgan fingerprint density at radius 1 is 1.36 bits per heavy atom. The van der Waals surface area contributed by atoms with Crippen LogP contribution in [0, 0.1) is 0 Å². The molecule has 2 nitrogen and oxygen atoms in total. The van der Waals surface area contributed by atoms with Crippen LogP contribution in [0.4, 0.5) is 5.69 Å². The van der Waals surface area contributed by atoms with Crippen molar-refractivity contribution in [2.24, 2.45) is 0 Å². The van der Waals surface area contributed by atoms with Crippen LogP contribution in [0.25, 0.3) is 0 Å². The van der Waals surface area contributed by atoms with Gasteiger partial charge in [0.25, 0.3) is 0 Å². The zero-order valence-electron chi connectivity index (χ0n) is 8.16. The van der Waals surface area contributed by atoms with Gasteiger partial charge in [-0.1, -0.05) is 15.9 Å². The molecule has 0 saturated carbocycles. The molecular formula is C11H14BrNO. The molecule has 2 rings (SSSR count). The van der Waals surface area contributed by atoms with Crippen molar-refractivity contribution in [1.82, 2.24) is 0 Å². The predicted molar refractivity (Wildman–Crippen MR) is 61.6 cm³/mol. The van der Waals surface area contributed by atoms with Gasteiger partial charge in [0.1, 0.15) is 0 Å². The van der Waals surface area contributed by atoms with Crippen molar-refractivity contribution in [3.05, 3.63) is 28.7 Å². The van der Waals surface area contributed by atoms with E-state index in [4.69, 9.17) is 4.74 Å². The molecule has 1 aliphatic rings.